The van der Waals surface area contributed by atoms with E-state index in [9.17, 15) is 4.39 Å². The smallest absolute Gasteiger partial charge is 0.171 e. The number of furan rings is 2. The number of nitrogens with zero attached hydrogens (tertiary/aromatic N) is 1. The first-order valence-corrected chi connectivity index (χ1v) is 12.7. The van der Waals surface area contributed by atoms with E-state index in [1.165, 1.54) is 11.6 Å². The average molecular weight is 490 g/mol. The largest absolute Gasteiger partial charge is 0.460 e. The average Bonchev–Trinajstić information content (AvgIpc) is 3.50. The normalized spacial score (nSPS) is 11.9. The summed E-state index contributed by atoms with van der Waals surface area (Å²) in [5.74, 6) is 1.96. The summed E-state index contributed by atoms with van der Waals surface area (Å²) in [5, 5.41) is 1.64. The van der Waals surface area contributed by atoms with Crippen molar-refractivity contribution in [1.29, 1.82) is 0 Å². The molecule has 6 rings (SSSR count). The molecule has 0 aliphatic carbocycles. The molecule has 0 saturated heterocycles. The molecule has 37 heavy (non-hydrogen) atoms. The number of pyridine rings is 1. The van der Waals surface area contributed by atoms with Gasteiger partial charge in [-0.05, 0) is 35.7 Å². The zero-order chi connectivity index (χ0) is 25.7. The summed E-state index contributed by atoms with van der Waals surface area (Å²) in [4.78, 5) is 4.71. The first-order valence-electron chi connectivity index (χ1n) is 12.7. The van der Waals surface area contributed by atoms with E-state index >= 15 is 0 Å². The molecule has 0 amide bonds. The van der Waals surface area contributed by atoms with E-state index < -0.39 is 0 Å². The van der Waals surface area contributed by atoms with Gasteiger partial charge < -0.3 is 8.83 Å². The van der Waals surface area contributed by atoms with Crippen LogP contribution in [0.25, 0.3) is 55.6 Å². The van der Waals surface area contributed by atoms with E-state index in [1.807, 2.05) is 54.7 Å². The fraction of sp³-hybridized carbons (Fsp3) is 0.182. The van der Waals surface area contributed by atoms with Gasteiger partial charge in [-0.25, -0.2) is 4.39 Å². The predicted molar refractivity (Wildman–Crippen MR) is 148 cm³/mol. The van der Waals surface area contributed by atoms with E-state index in [-0.39, 0.29) is 23.2 Å². The van der Waals surface area contributed by atoms with Crippen molar-refractivity contribution in [3.05, 3.63) is 102 Å². The van der Waals surface area contributed by atoms with E-state index in [2.05, 4.69) is 45.9 Å². The van der Waals surface area contributed by atoms with Gasteiger partial charge in [-0.15, -0.1) is 0 Å². The maximum absolute atomic E-state index is 14.5. The van der Waals surface area contributed by atoms with Crippen molar-refractivity contribution in [2.45, 2.75) is 39.5 Å². The van der Waals surface area contributed by atoms with Gasteiger partial charge in [-0.2, -0.15) is 0 Å². The molecule has 0 bridgehead atoms. The maximum Gasteiger partial charge on any atom is 0.171 e. The highest BCUT2D eigenvalue weighted by Crippen LogP contribution is 2.45. The second-order valence-electron chi connectivity index (χ2n) is 10.1. The molecule has 0 spiro atoms. The van der Waals surface area contributed by atoms with Crippen LogP contribution in [0.5, 0.6) is 0 Å². The Bertz CT molecular complexity index is 1740. The van der Waals surface area contributed by atoms with Gasteiger partial charge in [0, 0.05) is 45.1 Å². The number of hydrogen-bond donors (Lipinski definition) is 0. The minimum atomic E-state index is -0.364. The maximum atomic E-state index is 14.5. The SMILES string of the molecule is CC(C)c1oc(-c2ccccc2)c(C(C)C)c1-c1ccnc(-c2cccc3c2oc2c(F)cccc23)c1. The molecule has 3 nitrogen and oxygen atoms in total. The molecule has 3 heterocycles. The summed E-state index contributed by atoms with van der Waals surface area (Å²) in [6.45, 7) is 8.73. The molecule has 0 aliphatic rings. The van der Waals surface area contributed by atoms with Gasteiger partial charge in [0.1, 0.15) is 17.1 Å². The van der Waals surface area contributed by atoms with Crippen LogP contribution < -0.4 is 0 Å². The zero-order valence-corrected chi connectivity index (χ0v) is 21.4. The quantitative estimate of drug-likeness (QED) is 0.242. The highest BCUT2D eigenvalue weighted by molar-refractivity contribution is 6.09. The molecule has 4 heteroatoms. The Morgan fingerprint density at radius 1 is 0.703 bits per heavy atom. The molecule has 0 aliphatic heterocycles. The van der Waals surface area contributed by atoms with Crippen molar-refractivity contribution in [2.75, 3.05) is 0 Å². The highest BCUT2D eigenvalue weighted by Gasteiger charge is 2.26. The standard InChI is InChI=1S/C33H28FNO2/c1-19(2)28-29(30(20(3)4)36-31(28)21-10-6-5-7-11-21)22-16-17-35-27(18-22)25-14-8-12-23-24-13-9-15-26(34)33(24)37-32(23)25/h5-20H,1-4H3. The van der Waals surface area contributed by atoms with Crippen LogP contribution in [0.4, 0.5) is 4.39 Å². The molecule has 0 atom stereocenters. The number of halogens is 1. The molecule has 0 fully saturated rings. The topological polar surface area (TPSA) is 39.2 Å². The molecule has 6 aromatic rings. The van der Waals surface area contributed by atoms with Crippen LogP contribution in [0, 0.1) is 5.82 Å². The van der Waals surface area contributed by atoms with Crippen molar-refractivity contribution >= 4 is 21.9 Å². The van der Waals surface area contributed by atoms with Crippen molar-refractivity contribution in [1.82, 2.24) is 4.98 Å². The predicted octanol–water partition coefficient (Wildman–Crippen LogP) is 9.96. The van der Waals surface area contributed by atoms with Crippen LogP contribution in [0.3, 0.4) is 0 Å². The van der Waals surface area contributed by atoms with Crippen molar-refractivity contribution in [2.24, 2.45) is 0 Å². The number of hydrogen-bond acceptors (Lipinski definition) is 3. The highest BCUT2D eigenvalue weighted by atomic mass is 19.1. The van der Waals surface area contributed by atoms with Crippen LogP contribution in [0.2, 0.25) is 0 Å². The molecule has 0 radical (unpaired) electrons. The first-order chi connectivity index (χ1) is 17.9. The molecule has 3 aromatic carbocycles. The molecular formula is C33H28FNO2. The van der Waals surface area contributed by atoms with Crippen LogP contribution in [0.15, 0.2) is 93.9 Å². The van der Waals surface area contributed by atoms with Crippen LogP contribution in [0.1, 0.15) is 50.9 Å². The number of para-hydroxylation sites is 2. The minimum Gasteiger partial charge on any atom is -0.460 e. The summed E-state index contributed by atoms with van der Waals surface area (Å²) in [6.07, 6.45) is 1.83. The van der Waals surface area contributed by atoms with E-state index in [4.69, 9.17) is 13.8 Å². The number of rotatable bonds is 5. The van der Waals surface area contributed by atoms with Crippen molar-refractivity contribution < 1.29 is 13.2 Å². The number of fused-ring (bicyclic) bond motifs is 3. The van der Waals surface area contributed by atoms with E-state index in [0.29, 0.717) is 5.58 Å². The second-order valence-corrected chi connectivity index (χ2v) is 10.1. The monoisotopic (exact) mass is 489 g/mol. The summed E-state index contributed by atoms with van der Waals surface area (Å²) < 4.78 is 27.2. The molecule has 3 aromatic heterocycles. The third-order valence-electron chi connectivity index (χ3n) is 6.91. The summed E-state index contributed by atoms with van der Waals surface area (Å²) in [6, 6.07) is 25.4. The Hall–Kier alpha value is -4.18. The summed E-state index contributed by atoms with van der Waals surface area (Å²) >= 11 is 0. The number of aromatic nitrogens is 1. The Kier molecular flexibility index (Phi) is 5.68. The third kappa shape index (κ3) is 3.84. The molecule has 0 N–H and O–H groups in total. The molecular weight excluding hydrogens is 461 g/mol. The fourth-order valence-corrected chi connectivity index (χ4v) is 5.24. The Balaban J connectivity index is 1.58. The van der Waals surface area contributed by atoms with Gasteiger partial charge in [0.25, 0.3) is 0 Å². The number of benzene rings is 3. The lowest BCUT2D eigenvalue weighted by Gasteiger charge is -2.13. The Labute approximate surface area is 215 Å². The molecule has 184 valence electrons. The first kappa shape index (κ1) is 23.2. The van der Waals surface area contributed by atoms with Gasteiger partial charge in [-0.3, -0.25) is 4.98 Å². The van der Waals surface area contributed by atoms with Crippen LogP contribution in [-0.4, -0.2) is 4.98 Å². The van der Waals surface area contributed by atoms with Gasteiger partial charge in [0.2, 0.25) is 0 Å². The van der Waals surface area contributed by atoms with Gasteiger partial charge in [0.15, 0.2) is 11.4 Å². The van der Waals surface area contributed by atoms with Crippen molar-refractivity contribution in [3.8, 4) is 33.7 Å². The van der Waals surface area contributed by atoms with Crippen LogP contribution >= 0.6 is 0 Å². The Morgan fingerprint density at radius 3 is 2.16 bits per heavy atom. The lowest BCUT2D eigenvalue weighted by atomic mass is 9.89. The lowest BCUT2D eigenvalue weighted by molar-refractivity contribution is 0.498. The fourth-order valence-electron chi connectivity index (χ4n) is 5.24. The summed E-state index contributed by atoms with van der Waals surface area (Å²) in [7, 11) is 0. The van der Waals surface area contributed by atoms with E-state index in [0.717, 1.165) is 50.2 Å². The second kappa shape index (κ2) is 9.04. The minimum absolute atomic E-state index is 0.198. The van der Waals surface area contributed by atoms with E-state index in [1.54, 1.807) is 6.07 Å². The van der Waals surface area contributed by atoms with Gasteiger partial charge >= 0.3 is 0 Å². The lowest BCUT2D eigenvalue weighted by Crippen LogP contribution is -1.95. The van der Waals surface area contributed by atoms with Gasteiger partial charge in [0.05, 0.1) is 5.69 Å². The van der Waals surface area contributed by atoms with Crippen molar-refractivity contribution in [3.63, 3.8) is 0 Å². The summed E-state index contributed by atoms with van der Waals surface area (Å²) in [5.41, 5.74) is 6.94. The molecule has 0 saturated carbocycles. The molecule has 0 unspecified atom stereocenters. The van der Waals surface area contributed by atoms with Crippen LogP contribution in [-0.2, 0) is 0 Å². The third-order valence-corrected chi connectivity index (χ3v) is 6.91. The zero-order valence-electron chi connectivity index (χ0n) is 21.4. The Morgan fingerprint density at radius 2 is 1.43 bits per heavy atom. The van der Waals surface area contributed by atoms with Gasteiger partial charge in [-0.1, -0.05) is 82.3 Å².